The van der Waals surface area contributed by atoms with Crippen LogP contribution in [0.25, 0.3) is 0 Å². The van der Waals surface area contributed by atoms with Crippen LogP contribution in [0, 0.1) is 5.92 Å². The van der Waals surface area contributed by atoms with Crippen molar-refractivity contribution < 1.29 is 4.74 Å². The van der Waals surface area contributed by atoms with Gasteiger partial charge in [0.05, 0.1) is 6.61 Å². The maximum absolute atomic E-state index is 5.16. The van der Waals surface area contributed by atoms with Crippen LogP contribution in [0.15, 0.2) is 12.7 Å². The van der Waals surface area contributed by atoms with E-state index in [0.29, 0.717) is 12.0 Å². The van der Waals surface area contributed by atoms with E-state index in [-0.39, 0.29) is 0 Å². The van der Waals surface area contributed by atoms with Crippen LogP contribution in [0.2, 0.25) is 0 Å². The molecule has 0 aromatic rings. The molecule has 0 heterocycles. The van der Waals surface area contributed by atoms with Crippen LogP contribution < -0.4 is 5.32 Å². The first-order valence-corrected chi connectivity index (χ1v) is 6.70. The topological polar surface area (TPSA) is 24.5 Å². The summed E-state index contributed by atoms with van der Waals surface area (Å²) in [6.45, 7) is 15.4. The van der Waals surface area contributed by atoms with E-state index in [1.165, 1.54) is 0 Å². The maximum Gasteiger partial charge on any atom is 0.0589 e. The zero-order chi connectivity index (χ0) is 13.1. The average Bonchev–Trinajstić information content (AvgIpc) is 2.30. The van der Waals surface area contributed by atoms with Crippen molar-refractivity contribution in [3.8, 4) is 0 Å². The van der Waals surface area contributed by atoms with E-state index in [2.05, 4.69) is 37.6 Å². The molecule has 0 amide bonds. The standard InChI is InChI=1S/C14H30N2O/c1-6-8-16(9-10-17-5)14(7-2)12-15-11-13(3)4/h6,13-15H,1,7-12H2,2-5H3. The van der Waals surface area contributed by atoms with Gasteiger partial charge in [-0.05, 0) is 18.9 Å². The van der Waals surface area contributed by atoms with Crippen LogP contribution in [0.5, 0.6) is 0 Å². The largest absolute Gasteiger partial charge is 0.383 e. The van der Waals surface area contributed by atoms with Gasteiger partial charge in [0, 0.05) is 32.8 Å². The molecule has 0 rings (SSSR count). The Morgan fingerprint density at radius 3 is 2.53 bits per heavy atom. The SMILES string of the molecule is C=CCN(CCOC)C(CC)CNCC(C)C. The highest BCUT2D eigenvalue weighted by molar-refractivity contribution is 4.80. The minimum atomic E-state index is 0.571. The Morgan fingerprint density at radius 2 is 2.06 bits per heavy atom. The molecular formula is C14H30N2O. The fraction of sp³-hybridized carbons (Fsp3) is 0.857. The molecule has 0 fully saturated rings. The minimum absolute atomic E-state index is 0.571. The summed E-state index contributed by atoms with van der Waals surface area (Å²) in [5, 5.41) is 3.53. The molecular weight excluding hydrogens is 212 g/mol. The van der Waals surface area contributed by atoms with E-state index in [1.807, 2.05) is 6.08 Å². The third-order valence-electron chi connectivity index (χ3n) is 2.87. The Hall–Kier alpha value is -0.380. The summed E-state index contributed by atoms with van der Waals surface area (Å²) in [4.78, 5) is 2.43. The van der Waals surface area contributed by atoms with Gasteiger partial charge < -0.3 is 10.1 Å². The van der Waals surface area contributed by atoms with Gasteiger partial charge in [0.1, 0.15) is 0 Å². The predicted octanol–water partition coefficient (Wildman–Crippen LogP) is 2.14. The number of hydrogen-bond donors (Lipinski definition) is 1. The molecule has 0 saturated carbocycles. The summed E-state index contributed by atoms with van der Waals surface area (Å²) in [7, 11) is 1.75. The van der Waals surface area contributed by atoms with Crippen molar-refractivity contribution in [1.82, 2.24) is 10.2 Å². The van der Waals surface area contributed by atoms with Crippen LogP contribution >= 0.6 is 0 Å². The van der Waals surface area contributed by atoms with Crippen molar-refractivity contribution >= 4 is 0 Å². The van der Waals surface area contributed by atoms with E-state index in [4.69, 9.17) is 4.74 Å². The Kier molecular flexibility index (Phi) is 10.5. The van der Waals surface area contributed by atoms with E-state index >= 15 is 0 Å². The Balaban J connectivity index is 4.08. The van der Waals surface area contributed by atoms with Crippen LogP contribution in [0.1, 0.15) is 27.2 Å². The lowest BCUT2D eigenvalue weighted by molar-refractivity contribution is 0.125. The van der Waals surface area contributed by atoms with Gasteiger partial charge in [0.2, 0.25) is 0 Å². The fourth-order valence-corrected chi connectivity index (χ4v) is 1.87. The van der Waals surface area contributed by atoms with Gasteiger partial charge in [-0.3, -0.25) is 4.90 Å². The number of nitrogens with one attached hydrogen (secondary N) is 1. The van der Waals surface area contributed by atoms with Gasteiger partial charge in [-0.1, -0.05) is 26.8 Å². The molecule has 3 nitrogen and oxygen atoms in total. The van der Waals surface area contributed by atoms with Crippen LogP contribution in [-0.4, -0.2) is 50.8 Å². The lowest BCUT2D eigenvalue weighted by Crippen LogP contribution is -2.44. The second-order valence-corrected chi connectivity index (χ2v) is 4.89. The lowest BCUT2D eigenvalue weighted by Gasteiger charge is -2.30. The Morgan fingerprint density at radius 1 is 1.35 bits per heavy atom. The lowest BCUT2D eigenvalue weighted by atomic mass is 10.1. The van der Waals surface area contributed by atoms with Gasteiger partial charge >= 0.3 is 0 Å². The third-order valence-corrected chi connectivity index (χ3v) is 2.87. The zero-order valence-electron chi connectivity index (χ0n) is 12.0. The molecule has 0 aromatic carbocycles. The second kappa shape index (κ2) is 10.8. The summed E-state index contributed by atoms with van der Waals surface area (Å²) < 4.78 is 5.16. The van der Waals surface area contributed by atoms with Crippen molar-refractivity contribution in [2.24, 2.45) is 5.92 Å². The first-order chi connectivity index (χ1) is 8.15. The molecule has 0 spiro atoms. The number of hydrogen-bond acceptors (Lipinski definition) is 3. The first kappa shape index (κ1) is 16.6. The highest BCUT2D eigenvalue weighted by Crippen LogP contribution is 2.04. The van der Waals surface area contributed by atoms with E-state index in [1.54, 1.807) is 7.11 Å². The average molecular weight is 242 g/mol. The molecule has 0 saturated heterocycles. The quantitative estimate of drug-likeness (QED) is 0.562. The van der Waals surface area contributed by atoms with Crippen molar-refractivity contribution in [1.29, 1.82) is 0 Å². The summed E-state index contributed by atoms with van der Waals surface area (Å²) in [6.07, 6.45) is 3.13. The first-order valence-electron chi connectivity index (χ1n) is 6.70. The predicted molar refractivity (Wildman–Crippen MR) is 75.4 cm³/mol. The highest BCUT2D eigenvalue weighted by atomic mass is 16.5. The second-order valence-electron chi connectivity index (χ2n) is 4.89. The Labute approximate surface area is 107 Å². The van der Waals surface area contributed by atoms with Crippen molar-refractivity contribution in [3.63, 3.8) is 0 Å². The van der Waals surface area contributed by atoms with E-state index in [0.717, 1.165) is 39.2 Å². The number of rotatable bonds is 11. The molecule has 0 radical (unpaired) electrons. The monoisotopic (exact) mass is 242 g/mol. The number of nitrogens with zero attached hydrogens (tertiary/aromatic N) is 1. The summed E-state index contributed by atoms with van der Waals surface area (Å²) in [5.41, 5.74) is 0. The summed E-state index contributed by atoms with van der Waals surface area (Å²) >= 11 is 0. The molecule has 0 aliphatic rings. The smallest absolute Gasteiger partial charge is 0.0589 e. The van der Waals surface area contributed by atoms with Crippen molar-refractivity contribution in [2.75, 3.05) is 39.9 Å². The summed E-state index contributed by atoms with van der Waals surface area (Å²) in [6, 6.07) is 0.571. The molecule has 0 bridgehead atoms. The van der Waals surface area contributed by atoms with Gasteiger partial charge in [-0.2, -0.15) is 0 Å². The Bertz CT molecular complexity index is 183. The van der Waals surface area contributed by atoms with Gasteiger partial charge in [-0.25, -0.2) is 0 Å². The normalized spacial score (nSPS) is 13.3. The van der Waals surface area contributed by atoms with E-state index < -0.39 is 0 Å². The third kappa shape index (κ3) is 8.36. The molecule has 1 atom stereocenters. The number of ether oxygens (including phenoxy) is 1. The zero-order valence-corrected chi connectivity index (χ0v) is 12.0. The highest BCUT2D eigenvalue weighted by Gasteiger charge is 2.14. The summed E-state index contributed by atoms with van der Waals surface area (Å²) in [5.74, 6) is 0.708. The molecule has 1 unspecified atom stereocenters. The molecule has 0 aliphatic carbocycles. The van der Waals surface area contributed by atoms with Crippen molar-refractivity contribution in [2.45, 2.75) is 33.2 Å². The van der Waals surface area contributed by atoms with Crippen LogP contribution in [-0.2, 0) is 4.74 Å². The van der Waals surface area contributed by atoms with Gasteiger partial charge in [-0.15, -0.1) is 6.58 Å². The molecule has 0 aliphatic heterocycles. The van der Waals surface area contributed by atoms with Crippen molar-refractivity contribution in [3.05, 3.63) is 12.7 Å². The molecule has 17 heavy (non-hydrogen) atoms. The molecule has 1 N–H and O–H groups in total. The maximum atomic E-state index is 5.16. The molecule has 0 aromatic heterocycles. The molecule has 102 valence electrons. The fourth-order valence-electron chi connectivity index (χ4n) is 1.87. The van der Waals surface area contributed by atoms with Crippen LogP contribution in [0.4, 0.5) is 0 Å². The van der Waals surface area contributed by atoms with E-state index in [9.17, 15) is 0 Å². The molecule has 3 heteroatoms. The van der Waals surface area contributed by atoms with Crippen LogP contribution in [0.3, 0.4) is 0 Å². The van der Waals surface area contributed by atoms with Gasteiger partial charge in [0.15, 0.2) is 0 Å². The number of methoxy groups -OCH3 is 1. The van der Waals surface area contributed by atoms with Gasteiger partial charge in [0.25, 0.3) is 0 Å². The minimum Gasteiger partial charge on any atom is -0.383 e.